The molecule has 0 aromatic heterocycles. The molecule has 3 aliphatic rings. The van der Waals surface area contributed by atoms with Crippen LogP contribution in [0.2, 0.25) is 0 Å². The van der Waals surface area contributed by atoms with Gasteiger partial charge < -0.3 is 4.74 Å². The molecule has 26 heavy (non-hydrogen) atoms. The quantitative estimate of drug-likeness (QED) is 0.475. The summed E-state index contributed by atoms with van der Waals surface area (Å²) in [5, 5.41) is 5.39. The van der Waals surface area contributed by atoms with Gasteiger partial charge in [-0.15, -0.1) is 0 Å². The maximum absolute atomic E-state index is 12.7. The molecule has 4 rings (SSSR count). The number of benzene rings is 1. The fourth-order valence-corrected chi connectivity index (χ4v) is 4.60. The molecule has 1 saturated carbocycles. The second kappa shape index (κ2) is 6.08. The lowest BCUT2D eigenvalue weighted by atomic mass is 9.85. The molecule has 0 N–H and O–H groups in total. The summed E-state index contributed by atoms with van der Waals surface area (Å²) in [6.45, 7) is 6.18. The summed E-state index contributed by atoms with van der Waals surface area (Å²) in [5.74, 6) is 0.838. The summed E-state index contributed by atoms with van der Waals surface area (Å²) in [6.07, 6.45) is 6.74. The maximum atomic E-state index is 12.7. The van der Waals surface area contributed by atoms with Crippen LogP contribution in [0, 0.1) is 30.6 Å². The highest BCUT2D eigenvalue weighted by Gasteiger charge is 2.59. The van der Waals surface area contributed by atoms with E-state index in [1.54, 1.807) is 13.3 Å². The molecule has 1 aliphatic heterocycles. The van der Waals surface area contributed by atoms with Gasteiger partial charge in [0.05, 0.1) is 25.2 Å². The molecule has 2 fully saturated rings. The Morgan fingerprint density at radius 1 is 1.15 bits per heavy atom. The predicted octanol–water partition coefficient (Wildman–Crippen LogP) is 3.27. The average molecular weight is 352 g/mol. The highest BCUT2D eigenvalue weighted by molar-refractivity contribution is 6.06. The number of aryl methyl sites for hydroxylation is 1. The van der Waals surface area contributed by atoms with Crippen molar-refractivity contribution in [1.29, 1.82) is 0 Å². The molecule has 2 bridgehead atoms. The zero-order chi connectivity index (χ0) is 18.6. The van der Waals surface area contributed by atoms with Gasteiger partial charge in [0, 0.05) is 0 Å². The SMILES string of the molecule is COc1cc(C)c(C=NN2C(=O)[C@@H]3[C@H](C2=O)[C@H]2C=C[C@H]3C2)cc1C(C)C. The van der Waals surface area contributed by atoms with Gasteiger partial charge in [-0.3, -0.25) is 9.59 Å². The molecule has 1 aromatic rings. The highest BCUT2D eigenvalue weighted by Crippen LogP contribution is 2.52. The summed E-state index contributed by atoms with van der Waals surface area (Å²) < 4.78 is 5.47. The molecule has 2 aliphatic carbocycles. The smallest absolute Gasteiger partial charge is 0.254 e. The lowest BCUT2D eigenvalue weighted by Crippen LogP contribution is -2.28. The van der Waals surface area contributed by atoms with Crippen molar-refractivity contribution < 1.29 is 14.3 Å². The monoisotopic (exact) mass is 352 g/mol. The summed E-state index contributed by atoms with van der Waals surface area (Å²) in [7, 11) is 1.66. The Morgan fingerprint density at radius 2 is 1.77 bits per heavy atom. The number of amides is 2. The second-order valence-corrected chi connectivity index (χ2v) is 7.84. The Balaban J connectivity index is 1.62. The van der Waals surface area contributed by atoms with E-state index in [1.807, 2.05) is 19.1 Å². The van der Waals surface area contributed by atoms with Crippen LogP contribution in [0.3, 0.4) is 0 Å². The first kappa shape index (κ1) is 17.0. The van der Waals surface area contributed by atoms with Gasteiger partial charge in [-0.25, -0.2) is 0 Å². The maximum Gasteiger partial charge on any atom is 0.254 e. The number of hydrazone groups is 1. The fourth-order valence-electron chi connectivity index (χ4n) is 4.60. The molecule has 5 heteroatoms. The first-order chi connectivity index (χ1) is 12.4. The number of hydrogen-bond acceptors (Lipinski definition) is 4. The zero-order valence-electron chi connectivity index (χ0n) is 15.6. The number of carbonyl (C=O) groups excluding carboxylic acids is 2. The van der Waals surface area contributed by atoms with Crippen molar-refractivity contribution >= 4 is 18.0 Å². The number of carbonyl (C=O) groups is 2. The van der Waals surface area contributed by atoms with E-state index in [0.29, 0.717) is 5.92 Å². The predicted molar refractivity (Wildman–Crippen MR) is 99.0 cm³/mol. The van der Waals surface area contributed by atoms with Crippen molar-refractivity contribution in [2.24, 2.45) is 28.8 Å². The van der Waals surface area contributed by atoms with E-state index < -0.39 is 0 Å². The van der Waals surface area contributed by atoms with Crippen LogP contribution in [0.15, 0.2) is 29.4 Å². The third-order valence-electron chi connectivity index (χ3n) is 6.00. The van der Waals surface area contributed by atoms with Crippen LogP contribution in [-0.4, -0.2) is 30.1 Å². The highest BCUT2D eigenvalue weighted by atomic mass is 16.5. The lowest BCUT2D eigenvalue weighted by Gasteiger charge is -2.15. The van der Waals surface area contributed by atoms with E-state index >= 15 is 0 Å². The summed E-state index contributed by atoms with van der Waals surface area (Å²) in [5.41, 5.74) is 2.97. The molecular weight excluding hydrogens is 328 g/mol. The number of imide groups is 1. The van der Waals surface area contributed by atoms with Gasteiger partial charge in [-0.1, -0.05) is 26.0 Å². The van der Waals surface area contributed by atoms with Crippen LogP contribution in [0.1, 0.15) is 42.9 Å². The Bertz CT molecular complexity index is 810. The van der Waals surface area contributed by atoms with Crippen molar-refractivity contribution in [1.82, 2.24) is 5.01 Å². The number of nitrogens with zero attached hydrogens (tertiary/aromatic N) is 2. The van der Waals surface area contributed by atoms with Crippen LogP contribution < -0.4 is 4.74 Å². The van der Waals surface area contributed by atoms with Crippen LogP contribution in [0.4, 0.5) is 0 Å². The number of allylic oxidation sites excluding steroid dienone is 2. The van der Waals surface area contributed by atoms with E-state index in [1.165, 1.54) is 0 Å². The molecular formula is C21H24N2O3. The topological polar surface area (TPSA) is 59.0 Å². The van der Waals surface area contributed by atoms with Gasteiger partial charge in [0.25, 0.3) is 11.8 Å². The van der Waals surface area contributed by atoms with Crippen molar-refractivity contribution in [3.05, 3.63) is 41.0 Å². The summed E-state index contributed by atoms with van der Waals surface area (Å²) in [4.78, 5) is 25.4. The Morgan fingerprint density at radius 3 is 2.31 bits per heavy atom. The Labute approximate surface area is 153 Å². The molecule has 1 heterocycles. The lowest BCUT2D eigenvalue weighted by molar-refractivity contribution is -0.140. The molecule has 4 atom stereocenters. The van der Waals surface area contributed by atoms with E-state index in [9.17, 15) is 9.59 Å². The Hall–Kier alpha value is -2.43. The minimum atomic E-state index is -0.210. The standard InChI is InChI=1S/C21H24N2O3/c1-11(2)16-9-15(12(3)7-17(16)26-4)10-22-23-20(24)18-13-5-6-14(8-13)19(18)21(23)25/h5-7,9-11,13-14,18-19H,8H2,1-4H3/t13-,14-,18-,19+/m0/s1. The molecule has 0 radical (unpaired) electrons. The third kappa shape index (κ3) is 2.41. The van der Waals surface area contributed by atoms with Crippen molar-refractivity contribution in [2.75, 3.05) is 7.11 Å². The molecule has 0 unspecified atom stereocenters. The van der Waals surface area contributed by atoms with Crippen LogP contribution in [0.25, 0.3) is 0 Å². The second-order valence-electron chi connectivity index (χ2n) is 7.84. The van der Waals surface area contributed by atoms with Gasteiger partial charge in [-0.2, -0.15) is 10.1 Å². The van der Waals surface area contributed by atoms with E-state index in [4.69, 9.17) is 4.74 Å². The van der Waals surface area contributed by atoms with E-state index in [-0.39, 0.29) is 35.5 Å². The third-order valence-corrected chi connectivity index (χ3v) is 6.00. The fraction of sp³-hybridized carbons (Fsp3) is 0.476. The molecule has 1 saturated heterocycles. The average Bonchev–Trinajstić information content (AvgIpc) is 3.28. The molecule has 2 amide bonds. The van der Waals surface area contributed by atoms with Crippen molar-refractivity contribution in [2.45, 2.75) is 33.1 Å². The van der Waals surface area contributed by atoms with Crippen LogP contribution >= 0.6 is 0 Å². The minimum Gasteiger partial charge on any atom is -0.496 e. The summed E-state index contributed by atoms with van der Waals surface area (Å²) in [6, 6.07) is 4.00. The first-order valence-corrected chi connectivity index (χ1v) is 9.21. The molecule has 136 valence electrons. The van der Waals surface area contributed by atoms with Crippen LogP contribution in [-0.2, 0) is 9.59 Å². The number of methoxy groups -OCH3 is 1. The number of rotatable bonds is 4. The van der Waals surface area contributed by atoms with Crippen molar-refractivity contribution in [3.8, 4) is 5.75 Å². The largest absolute Gasteiger partial charge is 0.496 e. The number of fused-ring (bicyclic) bond motifs is 5. The minimum absolute atomic E-state index is 0.150. The molecule has 0 spiro atoms. The van der Waals surface area contributed by atoms with Crippen LogP contribution in [0.5, 0.6) is 5.75 Å². The zero-order valence-corrected chi connectivity index (χ0v) is 15.6. The van der Waals surface area contributed by atoms with Gasteiger partial charge in [-0.05, 0) is 59.9 Å². The van der Waals surface area contributed by atoms with E-state index in [2.05, 4.69) is 31.1 Å². The van der Waals surface area contributed by atoms with Crippen molar-refractivity contribution in [3.63, 3.8) is 0 Å². The molecule has 5 nitrogen and oxygen atoms in total. The van der Waals surface area contributed by atoms with Gasteiger partial charge in [0.15, 0.2) is 0 Å². The van der Waals surface area contributed by atoms with Gasteiger partial charge in [0.2, 0.25) is 0 Å². The normalized spacial score (nSPS) is 29.5. The summed E-state index contributed by atoms with van der Waals surface area (Å²) >= 11 is 0. The first-order valence-electron chi connectivity index (χ1n) is 9.21. The van der Waals surface area contributed by atoms with Gasteiger partial charge in [0.1, 0.15) is 5.75 Å². The number of ether oxygens (including phenoxy) is 1. The molecule has 1 aromatic carbocycles. The Kier molecular flexibility index (Phi) is 3.98. The van der Waals surface area contributed by atoms with E-state index in [0.717, 1.165) is 33.9 Å². The number of hydrogen-bond donors (Lipinski definition) is 0. The van der Waals surface area contributed by atoms with Gasteiger partial charge >= 0.3 is 0 Å².